The first kappa shape index (κ1) is 15.0. The molecule has 0 aliphatic carbocycles. The lowest BCUT2D eigenvalue weighted by Gasteiger charge is -2.13. The van der Waals surface area contributed by atoms with Gasteiger partial charge in [-0.25, -0.2) is 4.39 Å². The maximum Gasteiger partial charge on any atom is 0.241 e. The minimum Gasteiger partial charge on any atom is -0.494 e. The number of hydrogen-bond donors (Lipinski definition) is 2. The van der Waals surface area contributed by atoms with Crippen LogP contribution in [-0.4, -0.2) is 19.1 Å². The first-order valence-electron chi connectivity index (χ1n) is 6.54. The highest BCUT2D eigenvalue weighted by Crippen LogP contribution is 2.21. The van der Waals surface area contributed by atoms with Gasteiger partial charge in [-0.05, 0) is 24.1 Å². The van der Waals surface area contributed by atoms with Crippen LogP contribution in [0, 0.1) is 5.82 Å². The number of nitrogens with one attached hydrogen (secondary N) is 1. The maximum absolute atomic E-state index is 13.3. The molecule has 0 fully saturated rings. The minimum atomic E-state index is -0.677. The number of methoxy groups -OCH3 is 1. The molecule has 4 nitrogen and oxygen atoms in total. The number of carbonyl (C=O) groups excluding carboxylic acids is 1. The molecule has 0 aliphatic rings. The van der Waals surface area contributed by atoms with E-state index in [-0.39, 0.29) is 11.7 Å². The van der Waals surface area contributed by atoms with Gasteiger partial charge in [0.1, 0.15) is 0 Å². The third-order valence-corrected chi connectivity index (χ3v) is 3.05. The zero-order valence-corrected chi connectivity index (χ0v) is 11.7. The summed E-state index contributed by atoms with van der Waals surface area (Å²) in [4.78, 5) is 12.0. The largest absolute Gasteiger partial charge is 0.494 e. The van der Waals surface area contributed by atoms with Crippen molar-refractivity contribution < 1.29 is 13.9 Å². The number of hydrogen-bond acceptors (Lipinski definition) is 3. The van der Waals surface area contributed by atoms with E-state index in [1.54, 1.807) is 0 Å². The normalized spacial score (nSPS) is 11.8. The number of amides is 1. The maximum atomic E-state index is 13.3. The number of carbonyl (C=O) groups is 1. The van der Waals surface area contributed by atoms with Gasteiger partial charge in [-0.3, -0.25) is 4.79 Å². The third-order valence-electron chi connectivity index (χ3n) is 3.05. The molecule has 0 radical (unpaired) electrons. The van der Waals surface area contributed by atoms with E-state index < -0.39 is 11.9 Å². The van der Waals surface area contributed by atoms with Crippen molar-refractivity contribution in [3.8, 4) is 5.75 Å². The molecular formula is C16H17FN2O2. The Morgan fingerprint density at radius 1 is 1.29 bits per heavy atom. The highest BCUT2D eigenvalue weighted by atomic mass is 19.1. The number of rotatable bonds is 5. The van der Waals surface area contributed by atoms with E-state index in [1.165, 1.54) is 25.3 Å². The molecular weight excluding hydrogens is 271 g/mol. The van der Waals surface area contributed by atoms with Gasteiger partial charge in [-0.1, -0.05) is 30.3 Å². The molecule has 0 saturated carbocycles. The SMILES string of the molecule is COc1cc(NC(=O)C(N)Cc2ccccc2)ccc1F. The summed E-state index contributed by atoms with van der Waals surface area (Å²) in [5.74, 6) is -0.735. The van der Waals surface area contributed by atoms with Crippen molar-refractivity contribution in [2.24, 2.45) is 5.73 Å². The molecule has 5 heteroatoms. The minimum absolute atomic E-state index is 0.0735. The molecule has 2 rings (SSSR count). The first-order chi connectivity index (χ1) is 10.1. The molecule has 0 bridgehead atoms. The van der Waals surface area contributed by atoms with E-state index in [1.807, 2.05) is 30.3 Å². The fourth-order valence-electron chi connectivity index (χ4n) is 1.93. The lowest BCUT2D eigenvalue weighted by molar-refractivity contribution is -0.117. The van der Waals surface area contributed by atoms with E-state index in [4.69, 9.17) is 10.5 Å². The van der Waals surface area contributed by atoms with E-state index in [2.05, 4.69) is 5.32 Å². The van der Waals surface area contributed by atoms with Gasteiger partial charge in [0.15, 0.2) is 11.6 Å². The predicted molar refractivity (Wildman–Crippen MR) is 79.7 cm³/mol. The summed E-state index contributed by atoms with van der Waals surface area (Å²) in [6.45, 7) is 0. The summed E-state index contributed by atoms with van der Waals surface area (Å²) >= 11 is 0. The molecule has 3 N–H and O–H groups in total. The quantitative estimate of drug-likeness (QED) is 0.887. The van der Waals surface area contributed by atoms with E-state index in [0.717, 1.165) is 5.56 Å². The number of anilines is 1. The molecule has 0 spiro atoms. The summed E-state index contributed by atoms with van der Waals surface area (Å²) in [6, 6.07) is 12.9. The van der Waals surface area contributed by atoms with Gasteiger partial charge in [0.2, 0.25) is 5.91 Å². The fourth-order valence-corrected chi connectivity index (χ4v) is 1.93. The van der Waals surface area contributed by atoms with Gasteiger partial charge in [0.05, 0.1) is 13.2 Å². The Morgan fingerprint density at radius 2 is 2.00 bits per heavy atom. The van der Waals surface area contributed by atoms with Gasteiger partial charge < -0.3 is 15.8 Å². The molecule has 0 saturated heterocycles. The van der Waals surface area contributed by atoms with Crippen LogP contribution in [0.2, 0.25) is 0 Å². The molecule has 2 aromatic carbocycles. The van der Waals surface area contributed by atoms with Gasteiger partial charge in [-0.15, -0.1) is 0 Å². The van der Waals surface area contributed by atoms with Crippen molar-refractivity contribution in [1.82, 2.24) is 0 Å². The van der Waals surface area contributed by atoms with E-state index >= 15 is 0 Å². The molecule has 1 amide bonds. The highest BCUT2D eigenvalue weighted by Gasteiger charge is 2.15. The van der Waals surface area contributed by atoms with Crippen LogP contribution < -0.4 is 15.8 Å². The smallest absolute Gasteiger partial charge is 0.241 e. The van der Waals surface area contributed by atoms with Gasteiger partial charge in [-0.2, -0.15) is 0 Å². The topological polar surface area (TPSA) is 64.3 Å². The number of ether oxygens (including phenoxy) is 1. The zero-order chi connectivity index (χ0) is 15.2. The Balaban J connectivity index is 2.00. The number of nitrogens with two attached hydrogens (primary N) is 1. The zero-order valence-electron chi connectivity index (χ0n) is 11.7. The Kier molecular flexibility index (Phi) is 4.90. The van der Waals surface area contributed by atoms with Crippen LogP contribution in [0.5, 0.6) is 5.75 Å². The Hall–Kier alpha value is -2.40. The van der Waals surface area contributed by atoms with Crippen molar-refractivity contribution in [2.75, 3.05) is 12.4 Å². The molecule has 0 aliphatic heterocycles. The Bertz CT molecular complexity index is 617. The third kappa shape index (κ3) is 4.03. The lowest BCUT2D eigenvalue weighted by atomic mass is 10.1. The van der Waals surface area contributed by atoms with Crippen molar-refractivity contribution in [2.45, 2.75) is 12.5 Å². The van der Waals surface area contributed by atoms with Gasteiger partial charge >= 0.3 is 0 Å². The Morgan fingerprint density at radius 3 is 2.67 bits per heavy atom. The molecule has 2 aromatic rings. The van der Waals surface area contributed by atoms with Crippen molar-refractivity contribution in [1.29, 1.82) is 0 Å². The van der Waals surface area contributed by atoms with E-state index in [9.17, 15) is 9.18 Å². The summed E-state index contributed by atoms with van der Waals surface area (Å²) in [6.07, 6.45) is 0.436. The van der Waals surface area contributed by atoms with Crippen LogP contribution in [-0.2, 0) is 11.2 Å². The fraction of sp³-hybridized carbons (Fsp3) is 0.188. The first-order valence-corrected chi connectivity index (χ1v) is 6.54. The van der Waals surface area contributed by atoms with Crippen molar-refractivity contribution in [3.63, 3.8) is 0 Å². The number of benzene rings is 2. The lowest BCUT2D eigenvalue weighted by Crippen LogP contribution is -2.37. The average Bonchev–Trinajstić information content (AvgIpc) is 2.50. The second kappa shape index (κ2) is 6.85. The highest BCUT2D eigenvalue weighted by molar-refractivity contribution is 5.95. The van der Waals surface area contributed by atoms with Gasteiger partial charge in [0, 0.05) is 11.8 Å². The molecule has 21 heavy (non-hydrogen) atoms. The monoisotopic (exact) mass is 288 g/mol. The predicted octanol–water partition coefficient (Wildman–Crippen LogP) is 2.34. The van der Waals surface area contributed by atoms with Crippen LogP contribution in [0.25, 0.3) is 0 Å². The second-order valence-electron chi connectivity index (χ2n) is 4.63. The molecule has 0 aromatic heterocycles. The Labute approximate surface area is 122 Å². The van der Waals surface area contributed by atoms with Crippen LogP contribution >= 0.6 is 0 Å². The van der Waals surface area contributed by atoms with Crippen molar-refractivity contribution in [3.05, 3.63) is 59.9 Å². The molecule has 1 unspecified atom stereocenters. The number of halogens is 1. The molecule has 1 atom stereocenters. The second-order valence-corrected chi connectivity index (χ2v) is 4.63. The summed E-state index contributed by atoms with van der Waals surface area (Å²) < 4.78 is 18.2. The molecule has 110 valence electrons. The van der Waals surface area contributed by atoms with Gasteiger partial charge in [0.25, 0.3) is 0 Å². The summed E-state index contributed by atoms with van der Waals surface area (Å²) in [5.41, 5.74) is 7.31. The van der Waals surface area contributed by atoms with Crippen LogP contribution in [0.1, 0.15) is 5.56 Å². The van der Waals surface area contributed by atoms with Crippen LogP contribution in [0.3, 0.4) is 0 Å². The van der Waals surface area contributed by atoms with Crippen molar-refractivity contribution >= 4 is 11.6 Å². The van der Waals surface area contributed by atoms with Crippen LogP contribution in [0.15, 0.2) is 48.5 Å². The standard InChI is InChI=1S/C16H17FN2O2/c1-21-15-10-12(7-8-13(15)17)19-16(20)14(18)9-11-5-3-2-4-6-11/h2-8,10,14H,9,18H2,1H3,(H,19,20). The average molecular weight is 288 g/mol. The van der Waals surface area contributed by atoms with E-state index in [0.29, 0.717) is 12.1 Å². The summed E-state index contributed by atoms with van der Waals surface area (Å²) in [5, 5.41) is 2.65. The summed E-state index contributed by atoms with van der Waals surface area (Å²) in [7, 11) is 1.37. The van der Waals surface area contributed by atoms with Crippen LogP contribution in [0.4, 0.5) is 10.1 Å². The molecule has 0 heterocycles.